The molecule has 1 heterocycles. The lowest BCUT2D eigenvalue weighted by Crippen LogP contribution is -2.50. The van der Waals surface area contributed by atoms with Crippen molar-refractivity contribution >= 4 is 50.8 Å². The van der Waals surface area contributed by atoms with Gasteiger partial charge in [0.05, 0.1) is 22.9 Å². The van der Waals surface area contributed by atoms with Gasteiger partial charge in [-0.3, -0.25) is 19.8 Å². The summed E-state index contributed by atoms with van der Waals surface area (Å²) in [5.41, 5.74) is 4.01. The average Bonchev–Trinajstić information content (AvgIpc) is 2.99. The van der Waals surface area contributed by atoms with Gasteiger partial charge in [0.2, 0.25) is 0 Å². The molecule has 1 aliphatic heterocycles. The second-order valence-corrected chi connectivity index (χ2v) is 10.7. The number of hydrogen-bond acceptors (Lipinski definition) is 4. The first kappa shape index (κ1) is 27.7. The van der Waals surface area contributed by atoms with Gasteiger partial charge in [0, 0.05) is 30.7 Å². The monoisotopic (exact) mass is 612 g/mol. The third-order valence-electron chi connectivity index (χ3n) is 6.95. The summed E-state index contributed by atoms with van der Waals surface area (Å²) in [4.78, 5) is 30.6. The molecule has 0 atom stereocenters. The van der Waals surface area contributed by atoms with Gasteiger partial charge >= 0.3 is 0 Å². The van der Waals surface area contributed by atoms with E-state index in [1.54, 1.807) is 30.3 Å². The number of carbonyl (C=O) groups excluding carboxylic acids is 2. The number of halogens is 1. The van der Waals surface area contributed by atoms with Crippen molar-refractivity contribution in [3.8, 4) is 0 Å². The largest absolute Gasteiger partial charge is 0.336 e. The van der Waals surface area contributed by atoms with E-state index >= 15 is 0 Å². The summed E-state index contributed by atoms with van der Waals surface area (Å²) in [6.45, 7) is 2.70. The number of carbonyl (C=O) groups is 2. The Morgan fingerprint density at radius 2 is 1.23 bits per heavy atom. The van der Waals surface area contributed by atoms with Gasteiger partial charge in [-0.05, 0) is 63.5 Å². The Labute approximate surface area is 248 Å². The molecule has 4 aromatic carbocycles. The van der Waals surface area contributed by atoms with Crippen LogP contribution in [-0.2, 0) is 0 Å². The molecule has 0 spiro atoms. The van der Waals surface area contributed by atoms with Crippen molar-refractivity contribution in [3.05, 3.63) is 136 Å². The van der Waals surface area contributed by atoms with Gasteiger partial charge in [-0.15, -0.1) is 0 Å². The van der Waals surface area contributed by atoms with Crippen LogP contribution in [0.2, 0.25) is 0 Å². The SMILES string of the molecule is O=C(NC(=S)Nc1ccccc1C(=O)N1CCN(C(c2ccccc2)c2ccccc2)CC1)c1ccccc1Br. The lowest BCUT2D eigenvalue weighted by molar-refractivity contribution is 0.0598. The number of piperazine rings is 1. The minimum Gasteiger partial charge on any atom is -0.336 e. The van der Waals surface area contributed by atoms with Crippen LogP contribution < -0.4 is 10.6 Å². The van der Waals surface area contributed by atoms with Gasteiger partial charge in [-0.2, -0.15) is 0 Å². The van der Waals surface area contributed by atoms with Crippen LogP contribution >= 0.6 is 28.1 Å². The number of thiocarbonyl (C=S) groups is 1. The van der Waals surface area contributed by atoms with Crippen molar-refractivity contribution in [2.24, 2.45) is 0 Å². The van der Waals surface area contributed by atoms with Crippen LogP contribution in [-0.4, -0.2) is 52.9 Å². The summed E-state index contributed by atoms with van der Waals surface area (Å²) < 4.78 is 0.673. The molecule has 40 heavy (non-hydrogen) atoms. The normalized spacial score (nSPS) is 13.6. The van der Waals surface area contributed by atoms with Crippen LogP contribution in [0.25, 0.3) is 0 Å². The molecule has 1 fully saturated rings. The number of rotatable bonds is 6. The fourth-order valence-electron chi connectivity index (χ4n) is 4.99. The molecule has 2 N–H and O–H groups in total. The average molecular weight is 614 g/mol. The zero-order valence-electron chi connectivity index (χ0n) is 21.8. The minimum absolute atomic E-state index is 0.0707. The zero-order valence-corrected chi connectivity index (χ0v) is 24.2. The Morgan fingerprint density at radius 1 is 0.700 bits per heavy atom. The lowest BCUT2D eigenvalue weighted by atomic mass is 9.96. The summed E-state index contributed by atoms with van der Waals surface area (Å²) in [6, 6.07) is 35.5. The molecule has 0 aliphatic carbocycles. The first-order valence-electron chi connectivity index (χ1n) is 13.1. The smallest absolute Gasteiger partial charge is 0.258 e. The molecule has 1 saturated heterocycles. The Bertz CT molecular complexity index is 1450. The summed E-state index contributed by atoms with van der Waals surface area (Å²) >= 11 is 8.79. The Balaban J connectivity index is 1.26. The molecule has 8 heteroatoms. The van der Waals surface area contributed by atoms with Crippen molar-refractivity contribution < 1.29 is 9.59 Å². The quantitative estimate of drug-likeness (QED) is 0.257. The van der Waals surface area contributed by atoms with Gasteiger partial charge in [-0.1, -0.05) is 84.9 Å². The molecule has 0 bridgehead atoms. The maximum atomic E-state index is 13.6. The number of hydrogen-bond donors (Lipinski definition) is 2. The highest BCUT2D eigenvalue weighted by Gasteiger charge is 2.29. The number of nitrogens with zero attached hydrogens (tertiary/aromatic N) is 2. The van der Waals surface area contributed by atoms with Crippen LogP contribution in [0, 0.1) is 0 Å². The topological polar surface area (TPSA) is 64.7 Å². The number of benzene rings is 4. The van der Waals surface area contributed by atoms with E-state index in [1.165, 1.54) is 11.1 Å². The predicted molar refractivity (Wildman–Crippen MR) is 166 cm³/mol. The van der Waals surface area contributed by atoms with E-state index < -0.39 is 0 Å². The van der Waals surface area contributed by atoms with Crippen molar-refractivity contribution in [2.45, 2.75) is 6.04 Å². The van der Waals surface area contributed by atoms with E-state index in [0.717, 1.165) is 13.1 Å². The molecule has 0 radical (unpaired) electrons. The molecular weight excluding hydrogens is 584 g/mol. The Morgan fingerprint density at radius 3 is 1.82 bits per heavy atom. The van der Waals surface area contributed by atoms with E-state index in [9.17, 15) is 9.59 Å². The second kappa shape index (κ2) is 13.0. The lowest BCUT2D eigenvalue weighted by Gasteiger charge is -2.40. The molecule has 5 rings (SSSR count). The fraction of sp³-hybridized carbons (Fsp3) is 0.156. The van der Waals surface area contributed by atoms with E-state index in [4.69, 9.17) is 12.2 Å². The molecule has 4 aromatic rings. The van der Waals surface area contributed by atoms with Gasteiger partial charge in [0.1, 0.15) is 0 Å². The number of para-hydroxylation sites is 1. The van der Waals surface area contributed by atoms with Crippen LogP contribution in [0.4, 0.5) is 5.69 Å². The van der Waals surface area contributed by atoms with Crippen LogP contribution in [0.15, 0.2) is 114 Å². The highest BCUT2D eigenvalue weighted by atomic mass is 79.9. The molecule has 6 nitrogen and oxygen atoms in total. The van der Waals surface area contributed by atoms with Gasteiger partial charge in [0.15, 0.2) is 5.11 Å². The standard InChI is InChI=1S/C32H29BrN4O2S/c33-27-17-9-7-15-25(27)30(38)35-32(40)34-28-18-10-8-16-26(28)31(39)37-21-19-36(20-22-37)29(23-11-3-1-4-12-23)24-13-5-2-6-14-24/h1-18,29H,19-22H2,(H2,34,35,38,40). The first-order valence-corrected chi connectivity index (χ1v) is 14.3. The van der Waals surface area contributed by atoms with Crippen molar-refractivity contribution in [1.82, 2.24) is 15.1 Å². The summed E-state index contributed by atoms with van der Waals surface area (Å²) in [7, 11) is 0. The van der Waals surface area contributed by atoms with Crippen LogP contribution in [0.3, 0.4) is 0 Å². The third-order valence-corrected chi connectivity index (χ3v) is 7.84. The van der Waals surface area contributed by atoms with E-state index in [1.807, 2.05) is 35.2 Å². The van der Waals surface area contributed by atoms with E-state index in [2.05, 4.69) is 80.0 Å². The summed E-state index contributed by atoms with van der Waals surface area (Å²) in [6.07, 6.45) is 0. The van der Waals surface area contributed by atoms with Crippen LogP contribution in [0.5, 0.6) is 0 Å². The maximum absolute atomic E-state index is 13.6. The predicted octanol–water partition coefficient (Wildman–Crippen LogP) is 6.12. The second-order valence-electron chi connectivity index (χ2n) is 9.49. The van der Waals surface area contributed by atoms with Crippen molar-refractivity contribution in [1.29, 1.82) is 0 Å². The number of anilines is 1. The molecule has 0 unspecified atom stereocenters. The molecule has 0 saturated carbocycles. The molecule has 202 valence electrons. The van der Waals surface area contributed by atoms with Crippen LogP contribution in [0.1, 0.15) is 37.9 Å². The van der Waals surface area contributed by atoms with E-state index in [-0.39, 0.29) is 23.0 Å². The van der Waals surface area contributed by atoms with Crippen molar-refractivity contribution in [3.63, 3.8) is 0 Å². The zero-order chi connectivity index (χ0) is 27.9. The Kier molecular flexibility index (Phi) is 9.01. The third kappa shape index (κ3) is 6.47. The molecule has 1 aliphatic rings. The molecule has 0 aromatic heterocycles. The fourth-order valence-corrected chi connectivity index (χ4v) is 5.65. The number of amides is 2. The highest BCUT2D eigenvalue weighted by molar-refractivity contribution is 9.10. The Hall–Kier alpha value is -3.85. The summed E-state index contributed by atoms with van der Waals surface area (Å²) in [5.74, 6) is -0.407. The van der Waals surface area contributed by atoms with Gasteiger partial charge in [-0.25, -0.2) is 0 Å². The van der Waals surface area contributed by atoms with E-state index in [0.29, 0.717) is 34.4 Å². The van der Waals surface area contributed by atoms with Crippen molar-refractivity contribution in [2.75, 3.05) is 31.5 Å². The first-order chi connectivity index (χ1) is 19.5. The van der Waals surface area contributed by atoms with Gasteiger partial charge < -0.3 is 10.2 Å². The van der Waals surface area contributed by atoms with Gasteiger partial charge in [0.25, 0.3) is 11.8 Å². The molecular formula is C32H29BrN4O2S. The minimum atomic E-state index is -0.337. The highest BCUT2D eigenvalue weighted by Crippen LogP contribution is 2.30. The number of nitrogens with one attached hydrogen (secondary N) is 2. The molecule has 2 amide bonds. The summed E-state index contributed by atoms with van der Waals surface area (Å²) in [5, 5.41) is 5.87. The maximum Gasteiger partial charge on any atom is 0.258 e.